The van der Waals surface area contributed by atoms with Gasteiger partial charge in [-0.25, -0.2) is 8.78 Å². The van der Waals surface area contributed by atoms with Crippen molar-refractivity contribution in [2.75, 3.05) is 13.1 Å². The second-order valence-electron chi connectivity index (χ2n) is 9.20. The number of halogens is 4. The first-order chi connectivity index (χ1) is 16.1. The third kappa shape index (κ3) is 8.16. The number of alkyl halides is 2. The Kier molecular flexibility index (Phi) is 12.5. The van der Waals surface area contributed by atoms with E-state index in [4.69, 9.17) is 9.47 Å². The van der Waals surface area contributed by atoms with Crippen LogP contribution in [-0.2, 0) is 6.42 Å². The zero-order chi connectivity index (χ0) is 23.0. The van der Waals surface area contributed by atoms with Crippen LogP contribution < -0.4 is 14.8 Å². The first-order valence-corrected chi connectivity index (χ1v) is 12.4. The van der Waals surface area contributed by atoms with E-state index in [0.29, 0.717) is 31.5 Å². The molecule has 1 saturated heterocycles. The summed E-state index contributed by atoms with van der Waals surface area (Å²) in [5, 5.41) is 11.8. The summed E-state index contributed by atoms with van der Waals surface area (Å²) in [7, 11) is 0. The molecule has 5 nitrogen and oxygen atoms in total. The summed E-state index contributed by atoms with van der Waals surface area (Å²) in [5.74, 6) is 0.381. The SMILES string of the molecule is CCCCc1nnc(O[C@@H]2CNCC[C@H]2C(F)F)cc1-c1ccc(OC2CCCCC2)cc1.Cl.Cl. The van der Waals surface area contributed by atoms with Crippen LogP contribution in [0.25, 0.3) is 11.1 Å². The van der Waals surface area contributed by atoms with Crippen molar-refractivity contribution in [3.8, 4) is 22.8 Å². The smallest absolute Gasteiger partial charge is 0.245 e. The minimum atomic E-state index is -2.41. The van der Waals surface area contributed by atoms with Gasteiger partial charge in [0.25, 0.3) is 0 Å². The van der Waals surface area contributed by atoms with Crippen LogP contribution in [0.5, 0.6) is 11.6 Å². The Balaban J connectivity index is 0.00000216. The number of aromatic nitrogens is 2. The number of benzene rings is 1. The molecular formula is C26H37Cl2F2N3O2. The number of nitrogens with zero attached hydrogens (tertiary/aromatic N) is 2. The standard InChI is InChI=1S/C26H35F2N3O2.2ClH/c1-2-3-9-23-22(18-10-12-20(13-11-18)32-19-7-5-4-6-8-19)16-25(31-30-23)33-24-17-29-15-14-21(24)26(27)28;;/h10-13,16,19,21,24,26,29H,2-9,14-15,17H2,1H3;2*1H/t21-,24-;;/m1../s1. The molecule has 0 amide bonds. The van der Waals surface area contributed by atoms with E-state index in [1.807, 2.05) is 30.3 Å². The number of ether oxygens (including phenoxy) is 2. The number of unbranched alkanes of at least 4 members (excludes halogenated alkanes) is 1. The maximum absolute atomic E-state index is 13.5. The molecule has 9 heteroatoms. The monoisotopic (exact) mass is 531 g/mol. The van der Waals surface area contributed by atoms with Gasteiger partial charge in [-0.05, 0) is 69.2 Å². The van der Waals surface area contributed by atoms with Gasteiger partial charge in [0.05, 0.1) is 17.7 Å². The number of piperidine rings is 1. The average Bonchev–Trinajstić information content (AvgIpc) is 2.84. The molecule has 196 valence electrons. The summed E-state index contributed by atoms with van der Waals surface area (Å²) in [5.41, 5.74) is 2.84. The van der Waals surface area contributed by atoms with Crippen molar-refractivity contribution in [3.63, 3.8) is 0 Å². The van der Waals surface area contributed by atoms with E-state index in [0.717, 1.165) is 54.7 Å². The molecule has 1 aromatic carbocycles. The van der Waals surface area contributed by atoms with Gasteiger partial charge in [0.2, 0.25) is 12.3 Å². The van der Waals surface area contributed by atoms with Gasteiger partial charge in [0, 0.05) is 18.2 Å². The van der Waals surface area contributed by atoms with Gasteiger partial charge < -0.3 is 14.8 Å². The third-order valence-electron chi connectivity index (χ3n) is 6.71. The second-order valence-corrected chi connectivity index (χ2v) is 9.20. The van der Waals surface area contributed by atoms with Gasteiger partial charge in [0.15, 0.2) is 0 Å². The van der Waals surface area contributed by atoms with Crippen molar-refractivity contribution < 1.29 is 18.3 Å². The number of nitrogens with one attached hydrogen (secondary N) is 1. The number of aryl methyl sites for hydroxylation is 1. The number of rotatable bonds is 9. The summed E-state index contributed by atoms with van der Waals surface area (Å²) >= 11 is 0. The molecule has 1 saturated carbocycles. The molecule has 2 aliphatic rings. The fourth-order valence-corrected chi connectivity index (χ4v) is 4.75. The maximum atomic E-state index is 13.5. The van der Waals surface area contributed by atoms with Crippen LogP contribution in [0.4, 0.5) is 8.78 Å². The molecule has 2 atom stereocenters. The molecule has 1 aromatic heterocycles. The molecule has 2 fully saturated rings. The lowest BCUT2D eigenvalue weighted by atomic mass is 9.95. The van der Waals surface area contributed by atoms with E-state index < -0.39 is 18.4 Å². The Bertz CT molecular complexity index is 883. The Labute approximate surface area is 219 Å². The first kappa shape index (κ1) is 29.5. The van der Waals surface area contributed by atoms with E-state index in [1.54, 1.807) is 0 Å². The van der Waals surface area contributed by atoms with Crippen LogP contribution in [0.1, 0.15) is 64.0 Å². The molecule has 35 heavy (non-hydrogen) atoms. The molecule has 2 aromatic rings. The fraction of sp³-hybridized carbons (Fsp3) is 0.615. The highest BCUT2D eigenvalue weighted by molar-refractivity contribution is 5.85. The molecule has 4 rings (SSSR count). The topological polar surface area (TPSA) is 56.3 Å². The molecular weight excluding hydrogens is 495 g/mol. The molecule has 2 heterocycles. The highest BCUT2D eigenvalue weighted by atomic mass is 35.5. The largest absolute Gasteiger partial charge is 0.490 e. The van der Waals surface area contributed by atoms with Crippen molar-refractivity contribution in [1.29, 1.82) is 0 Å². The number of hydrogen-bond donors (Lipinski definition) is 1. The molecule has 0 spiro atoms. The summed E-state index contributed by atoms with van der Waals surface area (Å²) in [6.07, 6.45) is 6.54. The van der Waals surface area contributed by atoms with E-state index in [9.17, 15) is 8.78 Å². The highest BCUT2D eigenvalue weighted by Crippen LogP contribution is 2.31. The molecule has 1 aliphatic heterocycles. The predicted molar refractivity (Wildman–Crippen MR) is 139 cm³/mol. The maximum Gasteiger partial charge on any atom is 0.245 e. The van der Waals surface area contributed by atoms with Crippen LogP contribution in [0.2, 0.25) is 0 Å². The van der Waals surface area contributed by atoms with Crippen LogP contribution >= 0.6 is 24.8 Å². The molecule has 0 radical (unpaired) electrons. The van der Waals surface area contributed by atoms with Crippen LogP contribution in [0, 0.1) is 5.92 Å². The van der Waals surface area contributed by atoms with Crippen molar-refractivity contribution in [2.24, 2.45) is 5.92 Å². The lowest BCUT2D eigenvalue weighted by Gasteiger charge is -2.31. The summed E-state index contributed by atoms with van der Waals surface area (Å²) in [6.45, 7) is 3.11. The molecule has 0 unspecified atom stereocenters. The van der Waals surface area contributed by atoms with E-state index in [-0.39, 0.29) is 24.8 Å². The predicted octanol–water partition coefficient (Wildman–Crippen LogP) is 6.66. The Morgan fingerprint density at radius 3 is 2.43 bits per heavy atom. The Morgan fingerprint density at radius 1 is 1.00 bits per heavy atom. The Hall–Kier alpha value is -1.70. The summed E-state index contributed by atoms with van der Waals surface area (Å²) in [4.78, 5) is 0. The van der Waals surface area contributed by atoms with Crippen LogP contribution in [-0.4, -0.2) is 41.9 Å². The minimum absolute atomic E-state index is 0. The quantitative estimate of drug-likeness (QED) is 0.391. The zero-order valence-corrected chi connectivity index (χ0v) is 21.9. The minimum Gasteiger partial charge on any atom is -0.490 e. The van der Waals surface area contributed by atoms with Gasteiger partial charge in [0.1, 0.15) is 11.9 Å². The van der Waals surface area contributed by atoms with Gasteiger partial charge in [-0.1, -0.05) is 31.9 Å². The van der Waals surface area contributed by atoms with Crippen LogP contribution in [0.15, 0.2) is 30.3 Å². The highest BCUT2D eigenvalue weighted by Gasteiger charge is 2.34. The summed E-state index contributed by atoms with van der Waals surface area (Å²) in [6, 6.07) is 9.95. The lowest BCUT2D eigenvalue weighted by molar-refractivity contribution is -0.0135. The Morgan fingerprint density at radius 2 is 1.74 bits per heavy atom. The zero-order valence-electron chi connectivity index (χ0n) is 20.3. The molecule has 1 aliphatic carbocycles. The van der Waals surface area contributed by atoms with Gasteiger partial charge in [-0.2, -0.15) is 5.10 Å². The molecule has 0 bridgehead atoms. The normalized spacial score (nSPS) is 20.6. The van der Waals surface area contributed by atoms with Crippen LogP contribution in [0.3, 0.4) is 0 Å². The third-order valence-corrected chi connectivity index (χ3v) is 6.71. The molecule has 1 N–H and O–H groups in total. The fourth-order valence-electron chi connectivity index (χ4n) is 4.75. The first-order valence-electron chi connectivity index (χ1n) is 12.4. The van der Waals surface area contributed by atoms with Gasteiger partial charge in [-0.15, -0.1) is 29.9 Å². The van der Waals surface area contributed by atoms with Crippen molar-refractivity contribution in [3.05, 3.63) is 36.0 Å². The lowest BCUT2D eigenvalue weighted by Crippen LogP contribution is -2.46. The van der Waals surface area contributed by atoms with Crippen molar-refractivity contribution in [1.82, 2.24) is 15.5 Å². The van der Waals surface area contributed by atoms with E-state index >= 15 is 0 Å². The van der Waals surface area contributed by atoms with E-state index in [1.165, 1.54) is 19.3 Å². The second kappa shape index (κ2) is 14.8. The van der Waals surface area contributed by atoms with Crippen molar-refractivity contribution in [2.45, 2.75) is 83.3 Å². The van der Waals surface area contributed by atoms with Crippen molar-refractivity contribution >= 4 is 24.8 Å². The van der Waals surface area contributed by atoms with Gasteiger partial charge in [-0.3, -0.25) is 0 Å². The summed E-state index contributed by atoms with van der Waals surface area (Å²) < 4.78 is 39.0. The van der Waals surface area contributed by atoms with E-state index in [2.05, 4.69) is 22.4 Å². The average molecular weight is 533 g/mol. The number of hydrogen-bond acceptors (Lipinski definition) is 5. The van der Waals surface area contributed by atoms with Gasteiger partial charge >= 0.3 is 0 Å².